The molecule has 2 aromatic carbocycles. The lowest BCUT2D eigenvalue weighted by molar-refractivity contribution is -0.136. The number of anilines is 1. The Morgan fingerprint density at radius 3 is 2.38 bits per heavy atom. The van der Waals surface area contributed by atoms with E-state index in [2.05, 4.69) is 22.2 Å². The highest BCUT2D eigenvalue weighted by Gasteiger charge is 2.28. The number of carbonyl (C=O) groups is 1. The summed E-state index contributed by atoms with van der Waals surface area (Å²) in [4.78, 5) is 19.8. The maximum absolute atomic E-state index is 12.3. The average molecular weight is 344 g/mol. The summed E-state index contributed by atoms with van der Waals surface area (Å²) in [6, 6.07) is 14.2. The average Bonchev–Trinajstić information content (AvgIpc) is 3.03. The van der Waals surface area contributed by atoms with Gasteiger partial charge in [-0.15, -0.1) is 0 Å². The molecule has 0 bridgehead atoms. The minimum absolute atomic E-state index is 0.378. The van der Waals surface area contributed by atoms with Gasteiger partial charge < -0.3 is 9.74 Å². The van der Waals surface area contributed by atoms with E-state index in [0.29, 0.717) is 11.3 Å². The first kappa shape index (κ1) is 15.4. The molecule has 3 heterocycles. The van der Waals surface area contributed by atoms with Crippen LogP contribution in [-0.2, 0) is 22.5 Å². The first-order chi connectivity index (χ1) is 12.8. The van der Waals surface area contributed by atoms with Gasteiger partial charge in [0.15, 0.2) is 0 Å². The van der Waals surface area contributed by atoms with Crippen LogP contribution in [0, 0.1) is 0 Å². The predicted octanol–water partition coefficient (Wildman–Crippen LogP) is 3.73. The van der Waals surface area contributed by atoms with Crippen LogP contribution in [0.1, 0.15) is 35.1 Å². The Labute approximate surface area is 152 Å². The Bertz CT molecular complexity index is 913. The molecule has 0 N–H and O–H groups in total. The maximum Gasteiger partial charge on any atom is 0.368 e. The predicted molar refractivity (Wildman–Crippen MR) is 102 cm³/mol. The molecule has 3 aliphatic rings. The number of rotatable bonds is 2. The van der Waals surface area contributed by atoms with Crippen LogP contribution in [0.4, 0.5) is 5.69 Å². The molecule has 5 rings (SSSR count). The molecule has 0 spiro atoms. The Morgan fingerprint density at radius 2 is 1.69 bits per heavy atom. The molecule has 0 unspecified atom stereocenters. The number of nitrogens with zero attached hydrogens (tertiary/aromatic N) is 2. The van der Waals surface area contributed by atoms with E-state index in [0.717, 1.165) is 37.1 Å². The molecule has 0 radical (unpaired) electrons. The minimum atomic E-state index is -0.378. The molecule has 0 amide bonds. The number of hydrogen-bond acceptors (Lipinski definition) is 4. The van der Waals surface area contributed by atoms with Crippen LogP contribution in [0.5, 0.6) is 0 Å². The lowest BCUT2D eigenvalue weighted by atomic mass is 9.89. The lowest BCUT2D eigenvalue weighted by Crippen LogP contribution is -2.34. The SMILES string of the molecule is O=C1ON=C(c2ccccc2)/C1=C/c1cc2c3c(c1)CCCN3CCC2. The van der Waals surface area contributed by atoms with Gasteiger partial charge in [0.2, 0.25) is 0 Å². The van der Waals surface area contributed by atoms with E-state index in [1.807, 2.05) is 36.4 Å². The Kier molecular flexibility index (Phi) is 3.63. The van der Waals surface area contributed by atoms with E-state index >= 15 is 0 Å². The summed E-state index contributed by atoms with van der Waals surface area (Å²) in [6.45, 7) is 2.33. The Hall–Kier alpha value is -2.88. The van der Waals surface area contributed by atoms with Gasteiger partial charge in [-0.2, -0.15) is 0 Å². The quantitative estimate of drug-likeness (QED) is 0.616. The molecule has 2 aromatic rings. The maximum atomic E-state index is 12.3. The van der Waals surface area contributed by atoms with Gasteiger partial charge in [0.05, 0.1) is 5.57 Å². The highest BCUT2D eigenvalue weighted by atomic mass is 16.7. The zero-order chi connectivity index (χ0) is 17.5. The Morgan fingerprint density at radius 1 is 1.00 bits per heavy atom. The van der Waals surface area contributed by atoms with E-state index in [-0.39, 0.29) is 5.97 Å². The van der Waals surface area contributed by atoms with Crippen molar-refractivity contribution in [3.05, 3.63) is 70.3 Å². The number of aryl methyl sites for hydroxylation is 2. The normalized spacial score (nSPS) is 20.0. The molecule has 4 nitrogen and oxygen atoms in total. The summed E-state index contributed by atoms with van der Waals surface area (Å²) in [5.41, 5.74) is 7.37. The second-order valence-corrected chi connectivity index (χ2v) is 7.12. The van der Waals surface area contributed by atoms with Crippen LogP contribution in [0.3, 0.4) is 0 Å². The second kappa shape index (κ2) is 6.13. The van der Waals surface area contributed by atoms with Crippen LogP contribution in [0.15, 0.2) is 53.2 Å². The third-order valence-corrected chi connectivity index (χ3v) is 5.41. The third kappa shape index (κ3) is 2.53. The van der Waals surface area contributed by atoms with Crippen molar-refractivity contribution in [2.24, 2.45) is 5.16 Å². The zero-order valence-electron chi connectivity index (χ0n) is 14.6. The lowest BCUT2D eigenvalue weighted by Gasteiger charge is -2.37. The van der Waals surface area contributed by atoms with Crippen molar-refractivity contribution < 1.29 is 9.63 Å². The number of oxime groups is 1. The van der Waals surface area contributed by atoms with Gasteiger partial charge in [-0.1, -0.05) is 35.5 Å². The first-order valence-electron chi connectivity index (χ1n) is 9.27. The van der Waals surface area contributed by atoms with E-state index < -0.39 is 0 Å². The van der Waals surface area contributed by atoms with Crippen LogP contribution in [-0.4, -0.2) is 24.8 Å². The van der Waals surface area contributed by atoms with Crippen LogP contribution in [0.2, 0.25) is 0 Å². The van der Waals surface area contributed by atoms with Crippen molar-refractivity contribution in [2.45, 2.75) is 25.7 Å². The molecule has 0 atom stereocenters. The van der Waals surface area contributed by atoms with E-state index in [1.54, 1.807) is 0 Å². The fourth-order valence-corrected chi connectivity index (χ4v) is 4.29. The molecule has 0 saturated carbocycles. The number of carbonyl (C=O) groups excluding carboxylic acids is 1. The van der Waals surface area contributed by atoms with Crippen molar-refractivity contribution in [1.82, 2.24) is 0 Å². The first-order valence-corrected chi connectivity index (χ1v) is 9.27. The molecule has 130 valence electrons. The van der Waals surface area contributed by atoms with Crippen LogP contribution >= 0.6 is 0 Å². The molecule has 4 heteroatoms. The van der Waals surface area contributed by atoms with Gasteiger partial charge in [0.1, 0.15) is 5.71 Å². The molecule has 0 aliphatic carbocycles. The minimum Gasteiger partial charge on any atom is -0.371 e. The smallest absolute Gasteiger partial charge is 0.368 e. The van der Waals surface area contributed by atoms with Crippen molar-refractivity contribution in [2.75, 3.05) is 18.0 Å². The van der Waals surface area contributed by atoms with Crippen molar-refractivity contribution >= 4 is 23.4 Å². The van der Waals surface area contributed by atoms with E-state index in [9.17, 15) is 4.79 Å². The van der Waals surface area contributed by atoms with Gasteiger partial charge in [-0.05, 0) is 60.6 Å². The summed E-state index contributed by atoms with van der Waals surface area (Å²) in [6.07, 6.45) is 6.56. The summed E-state index contributed by atoms with van der Waals surface area (Å²) in [5.74, 6) is -0.378. The Balaban J connectivity index is 1.58. The molecule has 0 aromatic heterocycles. The molecular weight excluding hydrogens is 324 g/mol. The van der Waals surface area contributed by atoms with Crippen molar-refractivity contribution in [1.29, 1.82) is 0 Å². The highest BCUT2D eigenvalue weighted by Crippen LogP contribution is 2.36. The zero-order valence-corrected chi connectivity index (χ0v) is 14.6. The van der Waals surface area contributed by atoms with Gasteiger partial charge >= 0.3 is 5.97 Å². The number of hydrogen-bond donors (Lipinski definition) is 0. The molecular formula is C22H20N2O2. The van der Waals surface area contributed by atoms with Crippen molar-refractivity contribution in [3.8, 4) is 0 Å². The molecule has 26 heavy (non-hydrogen) atoms. The van der Waals surface area contributed by atoms with Crippen LogP contribution < -0.4 is 4.90 Å². The molecule has 0 fully saturated rings. The largest absolute Gasteiger partial charge is 0.371 e. The third-order valence-electron chi connectivity index (χ3n) is 5.41. The van der Waals surface area contributed by atoms with Gasteiger partial charge in [0.25, 0.3) is 0 Å². The molecule has 0 saturated heterocycles. The number of benzene rings is 2. The standard InChI is InChI=1S/C22H20N2O2/c25-22-19(20(23-26-22)16-6-2-1-3-7-16)14-15-12-17-8-4-10-24-11-5-9-18(13-15)21(17)24/h1-3,6-7,12-14H,4-5,8-11H2/b19-14-. The fraction of sp³-hybridized carbons (Fsp3) is 0.273. The van der Waals surface area contributed by atoms with E-state index in [1.165, 1.54) is 29.7 Å². The second-order valence-electron chi connectivity index (χ2n) is 7.12. The van der Waals surface area contributed by atoms with E-state index in [4.69, 9.17) is 4.84 Å². The summed E-state index contributed by atoms with van der Waals surface area (Å²) >= 11 is 0. The van der Waals surface area contributed by atoms with Crippen molar-refractivity contribution in [3.63, 3.8) is 0 Å². The van der Waals surface area contributed by atoms with Gasteiger partial charge in [-0.25, -0.2) is 4.79 Å². The van der Waals surface area contributed by atoms with Gasteiger partial charge in [-0.3, -0.25) is 0 Å². The fourth-order valence-electron chi connectivity index (χ4n) is 4.29. The van der Waals surface area contributed by atoms with Gasteiger partial charge in [0, 0.05) is 24.3 Å². The summed E-state index contributed by atoms with van der Waals surface area (Å²) in [5, 5.41) is 4.01. The monoisotopic (exact) mass is 344 g/mol. The topological polar surface area (TPSA) is 41.9 Å². The summed E-state index contributed by atoms with van der Waals surface area (Å²) < 4.78 is 0. The summed E-state index contributed by atoms with van der Waals surface area (Å²) in [7, 11) is 0. The molecule has 3 aliphatic heterocycles. The van der Waals surface area contributed by atoms with Crippen LogP contribution in [0.25, 0.3) is 6.08 Å². The highest BCUT2D eigenvalue weighted by molar-refractivity contribution is 6.31.